The molecule has 3 aliphatic heterocycles. The molecule has 1 atom stereocenters. The van der Waals surface area contributed by atoms with Crippen molar-refractivity contribution in [2.24, 2.45) is 0 Å². The van der Waals surface area contributed by atoms with Crippen molar-refractivity contribution < 1.29 is 14.2 Å². The minimum atomic E-state index is 0.0933. The number of ether oxygens (including phenoxy) is 3. The molecule has 1 aromatic rings. The highest BCUT2D eigenvalue weighted by atomic mass is 16.6. The zero-order valence-corrected chi connectivity index (χ0v) is 14.6. The molecule has 0 saturated carbocycles. The predicted octanol–water partition coefficient (Wildman–Crippen LogP) is 1.98. The number of rotatable bonds is 3. The molecule has 0 aliphatic carbocycles. The number of benzene rings is 1. The largest absolute Gasteiger partial charge is 0.486 e. The topological polar surface area (TPSA) is 43.0 Å². The molecule has 0 bridgehead atoms. The van der Waals surface area contributed by atoms with Crippen molar-refractivity contribution in [1.82, 2.24) is 10.2 Å². The second-order valence-corrected chi connectivity index (χ2v) is 7.34. The number of piperidine rings is 1. The fraction of sp³-hybridized carbons (Fsp3) is 0.684. The van der Waals surface area contributed by atoms with Crippen LogP contribution in [0, 0.1) is 6.92 Å². The molecular weight excluding hydrogens is 304 g/mol. The third-order valence-electron chi connectivity index (χ3n) is 5.49. The number of likely N-dealkylation sites (tertiary alicyclic amines) is 1. The van der Waals surface area contributed by atoms with Gasteiger partial charge in [0.1, 0.15) is 12.7 Å². The van der Waals surface area contributed by atoms with E-state index in [1.165, 1.54) is 5.56 Å². The van der Waals surface area contributed by atoms with Crippen molar-refractivity contribution in [3.05, 3.63) is 23.8 Å². The zero-order chi connectivity index (χ0) is 16.4. The first kappa shape index (κ1) is 16.2. The molecule has 3 aliphatic rings. The average Bonchev–Trinajstić information content (AvgIpc) is 2.62. The van der Waals surface area contributed by atoms with Crippen LogP contribution in [-0.2, 0) is 4.74 Å². The minimum absolute atomic E-state index is 0.0933. The fourth-order valence-electron chi connectivity index (χ4n) is 3.90. The third-order valence-corrected chi connectivity index (χ3v) is 5.49. The molecule has 0 radical (unpaired) electrons. The second-order valence-electron chi connectivity index (χ2n) is 7.34. The van der Waals surface area contributed by atoms with Gasteiger partial charge in [-0.3, -0.25) is 0 Å². The Bertz CT molecular complexity index is 562. The van der Waals surface area contributed by atoms with Gasteiger partial charge in [0, 0.05) is 39.1 Å². The lowest BCUT2D eigenvalue weighted by molar-refractivity contribution is -0.100. The summed E-state index contributed by atoms with van der Waals surface area (Å²) in [6.45, 7) is 8.88. The quantitative estimate of drug-likeness (QED) is 0.917. The summed E-state index contributed by atoms with van der Waals surface area (Å²) in [6.07, 6.45) is 3.43. The van der Waals surface area contributed by atoms with Crippen molar-refractivity contribution in [3.63, 3.8) is 0 Å². The van der Waals surface area contributed by atoms with Crippen molar-refractivity contribution >= 4 is 0 Å². The number of nitrogens with zero attached hydrogens (tertiary/aromatic N) is 1. The number of morpholine rings is 1. The predicted molar refractivity (Wildman–Crippen MR) is 92.9 cm³/mol. The summed E-state index contributed by atoms with van der Waals surface area (Å²) in [5, 5.41) is 3.48. The molecule has 1 unspecified atom stereocenters. The molecule has 5 heteroatoms. The molecule has 1 spiro atoms. The molecule has 1 N–H and O–H groups in total. The first-order valence-electron chi connectivity index (χ1n) is 9.20. The third kappa shape index (κ3) is 3.53. The number of hydrogen-bond donors (Lipinski definition) is 1. The highest BCUT2D eigenvalue weighted by molar-refractivity contribution is 5.43. The normalized spacial score (nSPS) is 26.5. The van der Waals surface area contributed by atoms with Gasteiger partial charge in [-0.1, -0.05) is 6.07 Å². The Morgan fingerprint density at radius 2 is 2.12 bits per heavy atom. The van der Waals surface area contributed by atoms with Gasteiger partial charge < -0.3 is 24.4 Å². The van der Waals surface area contributed by atoms with Gasteiger partial charge in [0.15, 0.2) is 11.5 Å². The Morgan fingerprint density at radius 3 is 2.92 bits per heavy atom. The van der Waals surface area contributed by atoms with Crippen LogP contribution in [0.2, 0.25) is 0 Å². The van der Waals surface area contributed by atoms with E-state index in [1.54, 1.807) is 0 Å². The molecule has 2 fully saturated rings. The molecular formula is C19H28N2O3. The van der Waals surface area contributed by atoms with E-state index >= 15 is 0 Å². The molecule has 0 aromatic heterocycles. The van der Waals surface area contributed by atoms with E-state index in [0.717, 1.165) is 70.1 Å². The minimum Gasteiger partial charge on any atom is -0.486 e. The van der Waals surface area contributed by atoms with Crippen LogP contribution in [0.1, 0.15) is 24.8 Å². The fourth-order valence-corrected chi connectivity index (χ4v) is 3.90. The molecule has 3 heterocycles. The highest BCUT2D eigenvalue weighted by Crippen LogP contribution is 2.33. The van der Waals surface area contributed by atoms with E-state index in [9.17, 15) is 0 Å². The summed E-state index contributed by atoms with van der Waals surface area (Å²) >= 11 is 0. The zero-order valence-electron chi connectivity index (χ0n) is 14.6. The van der Waals surface area contributed by atoms with Gasteiger partial charge in [0.25, 0.3) is 0 Å². The van der Waals surface area contributed by atoms with Gasteiger partial charge in [-0.05, 0) is 37.5 Å². The second kappa shape index (κ2) is 6.90. The van der Waals surface area contributed by atoms with E-state index in [-0.39, 0.29) is 11.7 Å². The van der Waals surface area contributed by atoms with E-state index in [0.29, 0.717) is 6.61 Å². The lowest BCUT2D eigenvalue weighted by Crippen LogP contribution is -2.55. The summed E-state index contributed by atoms with van der Waals surface area (Å²) in [5.74, 6) is 1.77. The van der Waals surface area contributed by atoms with Gasteiger partial charge in [0.05, 0.1) is 12.2 Å². The maximum absolute atomic E-state index is 6.10. The lowest BCUT2D eigenvalue weighted by atomic mass is 9.90. The first-order chi connectivity index (χ1) is 11.7. The molecule has 0 amide bonds. The van der Waals surface area contributed by atoms with Crippen LogP contribution in [0.5, 0.6) is 11.5 Å². The maximum Gasteiger partial charge on any atom is 0.161 e. The summed E-state index contributed by atoms with van der Waals surface area (Å²) in [7, 11) is 0. The Balaban J connectivity index is 1.24. The molecule has 1 aromatic carbocycles. The van der Waals surface area contributed by atoms with Gasteiger partial charge >= 0.3 is 0 Å². The van der Waals surface area contributed by atoms with Crippen LogP contribution in [0.4, 0.5) is 0 Å². The van der Waals surface area contributed by atoms with Crippen molar-refractivity contribution in [2.45, 2.75) is 37.9 Å². The van der Waals surface area contributed by atoms with Crippen LogP contribution < -0.4 is 14.8 Å². The molecule has 2 saturated heterocycles. The summed E-state index contributed by atoms with van der Waals surface area (Å²) in [6, 6.07) is 6.15. The molecule has 24 heavy (non-hydrogen) atoms. The Kier molecular flexibility index (Phi) is 4.66. The van der Waals surface area contributed by atoms with Gasteiger partial charge in [-0.2, -0.15) is 0 Å². The molecule has 5 nitrogen and oxygen atoms in total. The lowest BCUT2D eigenvalue weighted by Gasteiger charge is -2.44. The Labute approximate surface area is 144 Å². The first-order valence-corrected chi connectivity index (χ1v) is 9.20. The number of fused-ring (bicyclic) bond motifs is 1. The Hall–Kier alpha value is -1.30. The van der Waals surface area contributed by atoms with Crippen LogP contribution in [0.25, 0.3) is 0 Å². The van der Waals surface area contributed by atoms with Crippen molar-refractivity contribution in [2.75, 3.05) is 45.9 Å². The van der Waals surface area contributed by atoms with Gasteiger partial charge in [-0.15, -0.1) is 0 Å². The number of hydrogen-bond acceptors (Lipinski definition) is 5. The number of nitrogens with one attached hydrogen (secondary N) is 1. The van der Waals surface area contributed by atoms with Crippen LogP contribution in [0.3, 0.4) is 0 Å². The van der Waals surface area contributed by atoms with Gasteiger partial charge in [0.2, 0.25) is 0 Å². The van der Waals surface area contributed by atoms with E-state index in [1.807, 2.05) is 12.1 Å². The van der Waals surface area contributed by atoms with Crippen molar-refractivity contribution in [1.29, 1.82) is 0 Å². The number of aryl methyl sites for hydroxylation is 1. The van der Waals surface area contributed by atoms with Gasteiger partial charge in [-0.25, -0.2) is 0 Å². The Morgan fingerprint density at radius 1 is 1.25 bits per heavy atom. The summed E-state index contributed by atoms with van der Waals surface area (Å²) < 4.78 is 18.0. The standard InChI is InChI=1S/C19H28N2O3/c1-15-2-3-17-18(12-15)22-13-16(24-17)4-8-21-9-5-19(6-10-21)14-20-7-11-23-19/h2-3,12,16,20H,4-11,13-14H2,1H3. The van der Waals surface area contributed by atoms with E-state index in [4.69, 9.17) is 14.2 Å². The molecule has 132 valence electrons. The SMILES string of the molecule is Cc1ccc2c(c1)OCC(CCN1CCC3(CC1)CNCCO3)O2. The summed E-state index contributed by atoms with van der Waals surface area (Å²) in [4.78, 5) is 2.54. The van der Waals surface area contributed by atoms with E-state index < -0.39 is 0 Å². The average molecular weight is 332 g/mol. The van der Waals surface area contributed by atoms with Crippen LogP contribution in [0.15, 0.2) is 18.2 Å². The monoisotopic (exact) mass is 332 g/mol. The summed E-state index contributed by atoms with van der Waals surface area (Å²) in [5.41, 5.74) is 1.30. The van der Waals surface area contributed by atoms with Crippen molar-refractivity contribution in [3.8, 4) is 11.5 Å². The molecule has 4 rings (SSSR count). The van der Waals surface area contributed by atoms with E-state index in [2.05, 4.69) is 23.2 Å². The smallest absolute Gasteiger partial charge is 0.161 e. The highest BCUT2D eigenvalue weighted by Gasteiger charge is 2.37. The maximum atomic E-state index is 6.10. The van der Waals surface area contributed by atoms with Crippen LogP contribution in [-0.4, -0.2) is 62.5 Å². The van der Waals surface area contributed by atoms with Crippen LogP contribution >= 0.6 is 0 Å².